The normalized spacial score (nSPS) is 10.5. The smallest absolute Gasteiger partial charge is 0.267 e. The lowest BCUT2D eigenvalue weighted by Gasteiger charge is -2.08. The van der Waals surface area contributed by atoms with Crippen molar-refractivity contribution in [2.45, 2.75) is 0 Å². The van der Waals surface area contributed by atoms with Gasteiger partial charge in [-0.15, -0.1) is 0 Å². The zero-order valence-electron chi connectivity index (χ0n) is 15.9. The van der Waals surface area contributed by atoms with Gasteiger partial charge in [0.25, 0.3) is 11.8 Å². The van der Waals surface area contributed by atoms with E-state index in [1.807, 2.05) is 60.7 Å². The van der Waals surface area contributed by atoms with E-state index < -0.39 is 11.8 Å². The van der Waals surface area contributed by atoms with E-state index in [0.29, 0.717) is 11.3 Å². The van der Waals surface area contributed by atoms with E-state index in [9.17, 15) is 9.59 Å². The van der Waals surface area contributed by atoms with Crippen LogP contribution in [0.15, 0.2) is 79.1 Å². The Morgan fingerprint density at radius 2 is 1.52 bits per heavy atom. The molecule has 0 fully saturated rings. The van der Waals surface area contributed by atoms with Crippen LogP contribution in [0.1, 0.15) is 20.7 Å². The topological polar surface area (TPSA) is 88.9 Å². The number of amides is 2. The zero-order valence-corrected chi connectivity index (χ0v) is 17.4. The largest absolute Gasteiger partial charge is 0.273 e. The summed E-state index contributed by atoms with van der Waals surface area (Å²) in [5.74, 6) is -1.11. The van der Waals surface area contributed by atoms with E-state index >= 15 is 0 Å². The van der Waals surface area contributed by atoms with Crippen LogP contribution < -0.4 is 10.9 Å². The number of hydrogen-bond donors (Lipinski definition) is 2. The van der Waals surface area contributed by atoms with Crippen LogP contribution in [0.2, 0.25) is 10.2 Å². The molecule has 0 aliphatic heterocycles. The van der Waals surface area contributed by atoms with Gasteiger partial charge in [0.2, 0.25) is 0 Å². The van der Waals surface area contributed by atoms with Crippen LogP contribution in [0.4, 0.5) is 0 Å². The number of nitrogens with one attached hydrogen (secondary N) is 2. The summed E-state index contributed by atoms with van der Waals surface area (Å²) >= 11 is 11.7. The van der Waals surface area contributed by atoms with Crippen molar-refractivity contribution in [1.82, 2.24) is 25.6 Å². The number of nitrogens with zero attached hydrogens (tertiary/aromatic N) is 3. The molecule has 0 spiro atoms. The third kappa shape index (κ3) is 4.58. The van der Waals surface area contributed by atoms with Crippen molar-refractivity contribution in [2.24, 2.45) is 0 Å². The van der Waals surface area contributed by atoms with Crippen LogP contribution in [0.5, 0.6) is 0 Å². The van der Waals surface area contributed by atoms with Gasteiger partial charge in [-0.3, -0.25) is 20.4 Å². The second-order valence-corrected chi connectivity index (χ2v) is 7.21. The van der Waals surface area contributed by atoms with E-state index in [0.717, 1.165) is 11.3 Å². The number of pyridine rings is 1. The molecular formula is C22H15Cl2N5O2. The number of carbonyl (C=O) groups is 2. The monoisotopic (exact) mass is 451 g/mol. The quantitative estimate of drug-likeness (QED) is 0.357. The molecule has 0 saturated heterocycles. The van der Waals surface area contributed by atoms with Gasteiger partial charge in [-0.25, -0.2) is 9.67 Å². The Balaban J connectivity index is 1.60. The van der Waals surface area contributed by atoms with Crippen molar-refractivity contribution in [2.75, 3.05) is 0 Å². The number of aromatic nitrogens is 3. The van der Waals surface area contributed by atoms with Gasteiger partial charge in [-0.1, -0.05) is 71.7 Å². The minimum Gasteiger partial charge on any atom is -0.267 e. The molecule has 2 amide bonds. The number of benzene rings is 2. The molecule has 2 heterocycles. The van der Waals surface area contributed by atoms with Gasteiger partial charge in [0.05, 0.1) is 21.8 Å². The van der Waals surface area contributed by atoms with Gasteiger partial charge >= 0.3 is 0 Å². The van der Waals surface area contributed by atoms with Crippen molar-refractivity contribution < 1.29 is 9.59 Å². The number of hydrazine groups is 1. The molecule has 2 N–H and O–H groups in total. The first-order valence-electron chi connectivity index (χ1n) is 9.15. The van der Waals surface area contributed by atoms with Crippen molar-refractivity contribution in [3.05, 3.63) is 100 Å². The van der Waals surface area contributed by atoms with Crippen molar-refractivity contribution in [1.29, 1.82) is 0 Å². The van der Waals surface area contributed by atoms with E-state index in [1.54, 1.807) is 10.9 Å². The first-order chi connectivity index (χ1) is 15.0. The number of halogens is 2. The maximum absolute atomic E-state index is 12.9. The lowest BCUT2D eigenvalue weighted by Crippen LogP contribution is -2.41. The highest BCUT2D eigenvalue weighted by Gasteiger charge is 2.19. The highest BCUT2D eigenvalue weighted by molar-refractivity contribution is 6.41. The first kappa shape index (κ1) is 20.6. The molecule has 0 unspecified atom stereocenters. The Bertz CT molecular complexity index is 1240. The molecule has 0 aliphatic rings. The highest BCUT2D eigenvalue weighted by atomic mass is 35.5. The van der Waals surface area contributed by atoms with Crippen LogP contribution in [-0.2, 0) is 0 Å². The molecule has 0 saturated carbocycles. The summed E-state index contributed by atoms with van der Waals surface area (Å²) in [6.07, 6.45) is 2.87. The molecule has 2 aromatic carbocycles. The maximum atomic E-state index is 12.9. The fourth-order valence-corrected chi connectivity index (χ4v) is 3.13. The van der Waals surface area contributed by atoms with Crippen LogP contribution in [0.25, 0.3) is 16.9 Å². The lowest BCUT2D eigenvalue weighted by molar-refractivity contribution is 0.0847. The molecule has 9 heteroatoms. The number of rotatable bonds is 4. The van der Waals surface area contributed by atoms with Crippen LogP contribution in [0.3, 0.4) is 0 Å². The van der Waals surface area contributed by atoms with Gasteiger partial charge < -0.3 is 0 Å². The van der Waals surface area contributed by atoms with E-state index in [4.69, 9.17) is 23.2 Å². The summed E-state index contributed by atoms with van der Waals surface area (Å²) in [7, 11) is 0. The molecule has 31 heavy (non-hydrogen) atoms. The third-order valence-electron chi connectivity index (χ3n) is 4.37. The highest BCUT2D eigenvalue weighted by Crippen LogP contribution is 2.23. The summed E-state index contributed by atoms with van der Waals surface area (Å²) in [5.41, 5.74) is 7.25. The average molecular weight is 452 g/mol. The second-order valence-electron chi connectivity index (χ2n) is 6.44. The minimum atomic E-state index is -0.587. The Labute approximate surface area is 187 Å². The fraction of sp³-hybridized carbons (Fsp3) is 0. The summed E-state index contributed by atoms with van der Waals surface area (Å²) in [4.78, 5) is 29.1. The van der Waals surface area contributed by atoms with Crippen molar-refractivity contribution >= 4 is 35.0 Å². The van der Waals surface area contributed by atoms with Gasteiger partial charge in [-0.2, -0.15) is 5.10 Å². The molecule has 4 rings (SSSR count). The molecule has 2 aromatic heterocycles. The van der Waals surface area contributed by atoms with E-state index in [2.05, 4.69) is 20.9 Å². The fourth-order valence-electron chi connectivity index (χ4n) is 2.86. The van der Waals surface area contributed by atoms with Crippen LogP contribution in [0, 0.1) is 0 Å². The zero-order chi connectivity index (χ0) is 21.8. The Morgan fingerprint density at radius 3 is 2.19 bits per heavy atom. The van der Waals surface area contributed by atoms with Gasteiger partial charge in [0, 0.05) is 18.0 Å². The first-order valence-corrected chi connectivity index (χ1v) is 9.91. The van der Waals surface area contributed by atoms with E-state index in [1.165, 1.54) is 12.3 Å². The number of para-hydroxylation sites is 1. The molecule has 0 radical (unpaired) electrons. The summed E-state index contributed by atoms with van der Waals surface area (Å²) in [5, 5.41) is 4.80. The maximum Gasteiger partial charge on any atom is 0.273 e. The molecule has 0 bridgehead atoms. The van der Waals surface area contributed by atoms with Gasteiger partial charge in [0.1, 0.15) is 10.8 Å². The van der Waals surface area contributed by atoms with E-state index in [-0.39, 0.29) is 15.7 Å². The number of carbonyl (C=O) groups excluding carboxylic acids is 2. The second kappa shape index (κ2) is 8.99. The molecule has 4 aromatic rings. The van der Waals surface area contributed by atoms with Crippen LogP contribution in [-0.4, -0.2) is 26.6 Å². The predicted molar refractivity (Wildman–Crippen MR) is 118 cm³/mol. The molecule has 0 aliphatic carbocycles. The SMILES string of the molecule is O=C(NNC(=O)c1cn(-c2ccccc2)nc1-c1ccccc1)c1cnc(Cl)c(Cl)c1. The van der Waals surface area contributed by atoms with Crippen LogP contribution >= 0.6 is 23.2 Å². The standard InChI is InChI=1S/C22H15Cl2N5O2/c23-18-11-15(12-25-20(18)24)21(30)26-27-22(31)17-13-29(16-9-5-2-6-10-16)28-19(17)14-7-3-1-4-8-14/h1-13H,(H,26,30)(H,27,31). The number of hydrogen-bond acceptors (Lipinski definition) is 4. The molecule has 7 nitrogen and oxygen atoms in total. The summed E-state index contributed by atoms with van der Waals surface area (Å²) in [6.45, 7) is 0. The van der Waals surface area contributed by atoms with Gasteiger partial charge in [-0.05, 0) is 18.2 Å². The molecular weight excluding hydrogens is 437 g/mol. The summed E-state index contributed by atoms with van der Waals surface area (Å²) in [6, 6.07) is 20.1. The predicted octanol–water partition coefficient (Wildman–Crippen LogP) is 4.32. The lowest BCUT2D eigenvalue weighted by atomic mass is 10.1. The minimum absolute atomic E-state index is 0.0862. The Hall–Kier alpha value is -3.68. The third-order valence-corrected chi connectivity index (χ3v) is 5.06. The Kier molecular flexibility index (Phi) is 5.97. The molecule has 154 valence electrons. The molecule has 0 atom stereocenters. The average Bonchev–Trinajstić information content (AvgIpc) is 3.26. The Morgan fingerprint density at radius 1 is 0.871 bits per heavy atom. The van der Waals surface area contributed by atoms with Gasteiger partial charge in [0.15, 0.2) is 0 Å². The van der Waals surface area contributed by atoms with Crippen molar-refractivity contribution in [3.63, 3.8) is 0 Å². The van der Waals surface area contributed by atoms with Crippen molar-refractivity contribution in [3.8, 4) is 16.9 Å². The summed E-state index contributed by atoms with van der Waals surface area (Å²) < 4.78 is 1.61.